The van der Waals surface area contributed by atoms with Gasteiger partial charge >= 0.3 is 11.9 Å². The highest BCUT2D eigenvalue weighted by atomic mass is 16.6. The van der Waals surface area contributed by atoms with Crippen LogP contribution in [0.15, 0.2) is 0 Å². The first-order chi connectivity index (χ1) is 16.3. The molecule has 4 heteroatoms. The Kier molecular flexibility index (Phi) is 9.83. The molecule has 3 aliphatic carbocycles. The van der Waals surface area contributed by atoms with E-state index in [4.69, 9.17) is 9.47 Å². The molecule has 0 N–H and O–H groups in total. The first kappa shape index (κ1) is 31.2. The van der Waals surface area contributed by atoms with Crippen molar-refractivity contribution < 1.29 is 19.1 Å². The van der Waals surface area contributed by atoms with Gasteiger partial charge in [-0.05, 0) is 135 Å². The molecule has 0 aromatic carbocycles. The van der Waals surface area contributed by atoms with Gasteiger partial charge in [0, 0.05) is 0 Å². The van der Waals surface area contributed by atoms with Crippen LogP contribution in [0.5, 0.6) is 0 Å². The van der Waals surface area contributed by atoms with Crippen LogP contribution in [-0.4, -0.2) is 23.1 Å². The van der Waals surface area contributed by atoms with Gasteiger partial charge < -0.3 is 9.47 Å². The van der Waals surface area contributed by atoms with Crippen LogP contribution in [0.25, 0.3) is 0 Å². The number of carbonyl (C=O) groups is 2. The van der Waals surface area contributed by atoms with E-state index >= 15 is 0 Å². The summed E-state index contributed by atoms with van der Waals surface area (Å²) in [7, 11) is 0. The summed E-state index contributed by atoms with van der Waals surface area (Å²) in [5, 5.41) is 0. The Hall–Kier alpha value is -1.06. The first-order valence-corrected chi connectivity index (χ1v) is 14.8. The normalized spacial score (nSPS) is 24.6. The minimum Gasteiger partial charge on any atom is -0.460 e. The molecule has 0 amide bonds. The van der Waals surface area contributed by atoms with Gasteiger partial charge in [-0.1, -0.05) is 34.6 Å². The maximum atomic E-state index is 12.4. The van der Waals surface area contributed by atoms with Crippen LogP contribution < -0.4 is 0 Å². The molecule has 0 spiro atoms. The van der Waals surface area contributed by atoms with Crippen LogP contribution in [0, 0.1) is 34.0 Å². The Morgan fingerprint density at radius 3 is 1.50 bits per heavy atom. The number of hydrogen-bond acceptors (Lipinski definition) is 4. The van der Waals surface area contributed by atoms with E-state index in [1.807, 2.05) is 41.5 Å². The molecule has 0 aliphatic heterocycles. The zero-order valence-electron chi connectivity index (χ0n) is 25.6. The lowest BCUT2D eigenvalue weighted by molar-refractivity contribution is -0.165. The molecule has 0 saturated heterocycles. The molecule has 0 aromatic rings. The number of rotatable bonds is 5. The second kappa shape index (κ2) is 11.4. The monoisotopic (exact) mass is 506 g/mol. The fourth-order valence-electron chi connectivity index (χ4n) is 6.14. The summed E-state index contributed by atoms with van der Waals surface area (Å²) in [5.74, 6) is 1.27. The molecular weight excluding hydrogens is 448 g/mol. The van der Waals surface area contributed by atoms with Crippen molar-refractivity contribution in [2.45, 2.75) is 158 Å². The summed E-state index contributed by atoms with van der Waals surface area (Å²) in [5.41, 5.74) is 0.117. The largest absolute Gasteiger partial charge is 0.460 e. The maximum Gasteiger partial charge on any atom is 0.312 e. The molecular formula is C32H58O4. The van der Waals surface area contributed by atoms with Crippen LogP contribution in [0.4, 0.5) is 0 Å². The molecule has 3 rings (SSSR count). The molecule has 3 aliphatic rings. The van der Waals surface area contributed by atoms with Gasteiger partial charge in [-0.3, -0.25) is 9.59 Å². The Bertz CT molecular complexity index is 725. The van der Waals surface area contributed by atoms with Crippen molar-refractivity contribution in [3.05, 3.63) is 0 Å². The lowest BCUT2D eigenvalue weighted by Gasteiger charge is -2.38. The minimum atomic E-state index is -0.363. The maximum absolute atomic E-state index is 12.4. The molecule has 0 radical (unpaired) electrons. The Morgan fingerprint density at radius 2 is 1.14 bits per heavy atom. The second-order valence-electron chi connectivity index (χ2n) is 15.6. The average molecular weight is 507 g/mol. The van der Waals surface area contributed by atoms with Crippen molar-refractivity contribution in [2.75, 3.05) is 0 Å². The number of carbonyl (C=O) groups excluding carboxylic acids is 2. The highest BCUT2D eigenvalue weighted by Crippen LogP contribution is 2.59. The third kappa shape index (κ3) is 9.35. The topological polar surface area (TPSA) is 52.6 Å². The number of ether oxygens (including phenoxy) is 2. The van der Waals surface area contributed by atoms with Crippen molar-refractivity contribution >= 4 is 11.9 Å². The summed E-state index contributed by atoms with van der Waals surface area (Å²) < 4.78 is 11.2. The van der Waals surface area contributed by atoms with Gasteiger partial charge in [-0.2, -0.15) is 0 Å². The average Bonchev–Trinajstić information content (AvgIpc) is 3.50. The Balaban J connectivity index is 0.000000254. The highest BCUT2D eigenvalue weighted by molar-refractivity contribution is 5.80. The lowest BCUT2D eigenvalue weighted by atomic mass is 9.68. The van der Waals surface area contributed by atoms with Crippen LogP contribution >= 0.6 is 0 Å². The van der Waals surface area contributed by atoms with Gasteiger partial charge in [0.15, 0.2) is 0 Å². The van der Waals surface area contributed by atoms with Gasteiger partial charge in [0.1, 0.15) is 11.2 Å². The Labute approximate surface area is 223 Å². The van der Waals surface area contributed by atoms with E-state index in [0.29, 0.717) is 22.7 Å². The molecule has 0 heterocycles. The van der Waals surface area contributed by atoms with E-state index in [9.17, 15) is 9.59 Å². The summed E-state index contributed by atoms with van der Waals surface area (Å²) in [4.78, 5) is 24.6. The third-order valence-electron chi connectivity index (χ3n) is 8.82. The van der Waals surface area contributed by atoms with Crippen LogP contribution in [0.1, 0.15) is 147 Å². The fourth-order valence-corrected chi connectivity index (χ4v) is 6.14. The molecule has 4 nitrogen and oxygen atoms in total. The molecule has 1 unspecified atom stereocenters. The standard InChI is InChI=1S/C16H28O2.C16H30O2/c1-14(2,3)18-13(17)16(10-11-16)12-6-8-15(4,5)9-7-12;1-7-13(14(17)18-15(2,3)4)12-8-10-16(5,6)11-9-12/h12H,6-11H2,1-5H3;12-13H,7-11H2,1-6H3. The van der Waals surface area contributed by atoms with Crippen LogP contribution in [-0.2, 0) is 19.1 Å². The zero-order chi connectivity index (χ0) is 27.6. The molecule has 36 heavy (non-hydrogen) atoms. The SMILES string of the molecule is CC1(C)CCC(C2(C(=O)OC(C)(C)C)CC2)CC1.CCC(C(=O)OC(C)(C)C)C1CCC(C)(C)CC1. The van der Waals surface area contributed by atoms with E-state index in [1.165, 1.54) is 51.4 Å². The molecule has 210 valence electrons. The fraction of sp³-hybridized carbons (Fsp3) is 0.938. The van der Waals surface area contributed by atoms with Crippen molar-refractivity contribution in [2.24, 2.45) is 34.0 Å². The summed E-state index contributed by atoms with van der Waals surface area (Å²) in [6, 6.07) is 0. The zero-order valence-corrected chi connectivity index (χ0v) is 25.6. The van der Waals surface area contributed by atoms with Gasteiger partial charge in [-0.15, -0.1) is 0 Å². The van der Waals surface area contributed by atoms with Crippen molar-refractivity contribution in [1.82, 2.24) is 0 Å². The molecule has 3 fully saturated rings. The van der Waals surface area contributed by atoms with E-state index in [0.717, 1.165) is 19.3 Å². The van der Waals surface area contributed by atoms with Crippen LogP contribution in [0.3, 0.4) is 0 Å². The molecule has 0 aromatic heterocycles. The number of esters is 2. The second-order valence-corrected chi connectivity index (χ2v) is 15.6. The van der Waals surface area contributed by atoms with Gasteiger partial charge in [0.2, 0.25) is 0 Å². The summed E-state index contributed by atoms with van der Waals surface area (Å²) in [6.07, 6.45) is 12.7. The quantitative estimate of drug-likeness (QED) is 0.349. The van der Waals surface area contributed by atoms with E-state index < -0.39 is 0 Å². The third-order valence-corrected chi connectivity index (χ3v) is 8.82. The van der Waals surface area contributed by atoms with Gasteiger partial charge in [0.05, 0.1) is 11.3 Å². The van der Waals surface area contributed by atoms with Crippen LogP contribution in [0.2, 0.25) is 0 Å². The van der Waals surface area contributed by atoms with Crippen molar-refractivity contribution in [3.63, 3.8) is 0 Å². The molecule has 3 saturated carbocycles. The van der Waals surface area contributed by atoms with E-state index in [-0.39, 0.29) is 34.5 Å². The highest BCUT2D eigenvalue weighted by Gasteiger charge is 2.58. The van der Waals surface area contributed by atoms with E-state index in [1.54, 1.807) is 0 Å². The van der Waals surface area contributed by atoms with Gasteiger partial charge in [-0.25, -0.2) is 0 Å². The number of hydrogen-bond donors (Lipinski definition) is 0. The van der Waals surface area contributed by atoms with Gasteiger partial charge in [0.25, 0.3) is 0 Å². The summed E-state index contributed by atoms with van der Waals surface area (Å²) in [6.45, 7) is 23.2. The molecule has 1 atom stereocenters. The van der Waals surface area contributed by atoms with E-state index in [2.05, 4.69) is 34.6 Å². The predicted molar refractivity (Wildman–Crippen MR) is 149 cm³/mol. The lowest BCUT2D eigenvalue weighted by Crippen LogP contribution is -2.36. The van der Waals surface area contributed by atoms with Crippen molar-refractivity contribution in [3.8, 4) is 0 Å². The first-order valence-electron chi connectivity index (χ1n) is 14.8. The predicted octanol–water partition coefficient (Wildman–Crippen LogP) is 8.90. The summed E-state index contributed by atoms with van der Waals surface area (Å²) >= 11 is 0. The Morgan fingerprint density at radius 1 is 0.722 bits per heavy atom. The van der Waals surface area contributed by atoms with Crippen molar-refractivity contribution in [1.29, 1.82) is 0 Å². The smallest absolute Gasteiger partial charge is 0.312 e. The minimum absolute atomic E-state index is 0.00899. The molecule has 0 bridgehead atoms.